The first kappa shape index (κ1) is 15.0. The number of amides is 1. The van der Waals surface area contributed by atoms with Crippen LogP contribution in [-0.4, -0.2) is 27.5 Å². The summed E-state index contributed by atoms with van der Waals surface area (Å²) < 4.78 is 6.24. The van der Waals surface area contributed by atoms with Crippen LogP contribution in [0, 0.1) is 0 Å². The zero-order chi connectivity index (χ0) is 15.4. The number of nitrogens with zero attached hydrogens (tertiary/aromatic N) is 3. The Morgan fingerprint density at radius 3 is 2.73 bits per heavy atom. The van der Waals surface area contributed by atoms with Crippen molar-refractivity contribution < 1.29 is 9.53 Å². The van der Waals surface area contributed by atoms with Crippen LogP contribution in [0.5, 0.6) is 0 Å². The predicted octanol–water partition coefficient (Wildman–Crippen LogP) is 3.71. The molecule has 114 valence electrons. The van der Waals surface area contributed by atoms with Gasteiger partial charge in [-0.25, -0.2) is 14.8 Å². The molecule has 2 aromatic rings. The molecular formula is C16H16BrN3O2. The Hall–Kier alpha value is -1.95. The highest BCUT2D eigenvalue weighted by Crippen LogP contribution is 2.30. The van der Waals surface area contributed by atoms with Crippen LogP contribution in [0.25, 0.3) is 0 Å². The van der Waals surface area contributed by atoms with Crippen molar-refractivity contribution in [1.82, 2.24) is 14.9 Å². The molecule has 0 spiro atoms. The van der Waals surface area contributed by atoms with Gasteiger partial charge in [0.25, 0.3) is 0 Å². The number of likely N-dealkylation sites (tertiary alicyclic amines) is 1. The van der Waals surface area contributed by atoms with Crippen molar-refractivity contribution in [3.05, 3.63) is 58.6 Å². The van der Waals surface area contributed by atoms with Crippen LogP contribution in [0.2, 0.25) is 0 Å². The average Bonchev–Trinajstić information content (AvgIpc) is 3.04. The summed E-state index contributed by atoms with van der Waals surface area (Å²) in [5, 5.41) is 0. The summed E-state index contributed by atoms with van der Waals surface area (Å²) in [4.78, 5) is 22.6. The molecule has 1 amide bonds. The van der Waals surface area contributed by atoms with E-state index >= 15 is 0 Å². The average molecular weight is 362 g/mol. The van der Waals surface area contributed by atoms with Gasteiger partial charge in [0.2, 0.25) is 0 Å². The lowest BCUT2D eigenvalue weighted by Gasteiger charge is -2.22. The minimum absolute atomic E-state index is 0.101. The van der Waals surface area contributed by atoms with Crippen LogP contribution in [0.3, 0.4) is 0 Å². The van der Waals surface area contributed by atoms with Gasteiger partial charge in [-0.3, -0.25) is 4.90 Å². The number of carbonyl (C=O) groups excluding carboxylic acids is 1. The van der Waals surface area contributed by atoms with Gasteiger partial charge >= 0.3 is 6.09 Å². The number of aromatic nitrogens is 2. The lowest BCUT2D eigenvalue weighted by atomic mass is 10.2. The second-order valence-electron chi connectivity index (χ2n) is 5.15. The molecule has 0 aliphatic carbocycles. The summed E-state index contributed by atoms with van der Waals surface area (Å²) in [6, 6.07) is 9.57. The summed E-state index contributed by atoms with van der Waals surface area (Å²) in [6.45, 7) is 0.960. The molecule has 6 heteroatoms. The fraction of sp³-hybridized carbons (Fsp3) is 0.312. The SMILES string of the molecule is O=C(OCc1ccccc1)N1CCCC1c1ncc(Br)cn1. The number of benzene rings is 1. The van der Waals surface area contributed by atoms with Gasteiger partial charge in [-0.2, -0.15) is 0 Å². The van der Waals surface area contributed by atoms with Gasteiger partial charge in [0.05, 0.1) is 10.5 Å². The van der Waals surface area contributed by atoms with Gasteiger partial charge in [-0.05, 0) is 34.3 Å². The van der Waals surface area contributed by atoms with Crippen molar-refractivity contribution in [1.29, 1.82) is 0 Å². The van der Waals surface area contributed by atoms with Crippen molar-refractivity contribution >= 4 is 22.0 Å². The normalized spacial score (nSPS) is 17.5. The standard InChI is InChI=1S/C16H16BrN3O2/c17-13-9-18-15(19-10-13)14-7-4-8-20(14)16(21)22-11-12-5-2-1-3-6-12/h1-3,5-6,9-10,14H,4,7-8,11H2. The van der Waals surface area contributed by atoms with Gasteiger partial charge in [0, 0.05) is 18.9 Å². The molecule has 22 heavy (non-hydrogen) atoms. The number of hydrogen-bond donors (Lipinski definition) is 0. The van der Waals surface area contributed by atoms with Crippen LogP contribution >= 0.6 is 15.9 Å². The fourth-order valence-corrected chi connectivity index (χ4v) is 2.75. The first-order chi connectivity index (χ1) is 10.7. The molecule has 1 aromatic carbocycles. The number of halogens is 1. The lowest BCUT2D eigenvalue weighted by molar-refractivity contribution is 0.0908. The van der Waals surface area contributed by atoms with Crippen molar-refractivity contribution in [3.8, 4) is 0 Å². The summed E-state index contributed by atoms with van der Waals surface area (Å²) >= 11 is 3.32. The van der Waals surface area contributed by atoms with Crippen LogP contribution in [0.15, 0.2) is 47.2 Å². The molecule has 5 nitrogen and oxygen atoms in total. The highest BCUT2D eigenvalue weighted by molar-refractivity contribution is 9.10. The second-order valence-corrected chi connectivity index (χ2v) is 6.07. The van der Waals surface area contributed by atoms with Gasteiger partial charge in [0.15, 0.2) is 5.82 Å². The second kappa shape index (κ2) is 6.87. The van der Waals surface area contributed by atoms with Crippen LogP contribution in [-0.2, 0) is 11.3 Å². The molecule has 0 N–H and O–H groups in total. The Morgan fingerprint density at radius 1 is 1.27 bits per heavy atom. The number of carbonyl (C=O) groups is 1. The van der Waals surface area contributed by atoms with E-state index in [1.54, 1.807) is 17.3 Å². The monoisotopic (exact) mass is 361 g/mol. The topological polar surface area (TPSA) is 55.3 Å². The minimum Gasteiger partial charge on any atom is -0.445 e. The summed E-state index contributed by atoms with van der Waals surface area (Å²) in [5.41, 5.74) is 0.978. The smallest absolute Gasteiger partial charge is 0.410 e. The number of rotatable bonds is 3. The Kier molecular flexibility index (Phi) is 4.68. The maximum Gasteiger partial charge on any atom is 0.410 e. The van der Waals surface area contributed by atoms with E-state index in [-0.39, 0.29) is 18.7 Å². The Balaban J connectivity index is 1.65. The summed E-state index contributed by atoms with van der Waals surface area (Å²) in [5.74, 6) is 0.664. The maximum absolute atomic E-state index is 12.3. The molecule has 0 saturated carbocycles. The van der Waals surface area contributed by atoms with E-state index in [4.69, 9.17) is 4.74 Å². The predicted molar refractivity (Wildman–Crippen MR) is 85.0 cm³/mol. The van der Waals surface area contributed by atoms with Crippen molar-refractivity contribution in [3.63, 3.8) is 0 Å². The van der Waals surface area contributed by atoms with Gasteiger partial charge in [-0.15, -0.1) is 0 Å². The molecule has 0 bridgehead atoms. The molecule has 2 heterocycles. The van der Waals surface area contributed by atoms with Crippen LogP contribution in [0.4, 0.5) is 4.79 Å². The lowest BCUT2D eigenvalue weighted by Crippen LogP contribution is -2.31. The molecule has 1 saturated heterocycles. The maximum atomic E-state index is 12.3. The van der Waals surface area contributed by atoms with Crippen molar-refractivity contribution in [2.45, 2.75) is 25.5 Å². The van der Waals surface area contributed by atoms with E-state index in [0.29, 0.717) is 12.4 Å². The quantitative estimate of drug-likeness (QED) is 0.835. The van der Waals surface area contributed by atoms with E-state index < -0.39 is 0 Å². The van der Waals surface area contributed by atoms with E-state index in [1.807, 2.05) is 30.3 Å². The first-order valence-corrected chi connectivity index (χ1v) is 7.98. The van der Waals surface area contributed by atoms with Crippen LogP contribution in [0.1, 0.15) is 30.3 Å². The highest BCUT2D eigenvalue weighted by atomic mass is 79.9. The molecule has 1 fully saturated rings. The third kappa shape index (κ3) is 3.44. The van der Waals surface area contributed by atoms with Crippen LogP contribution < -0.4 is 0 Å². The highest BCUT2D eigenvalue weighted by Gasteiger charge is 2.32. The van der Waals surface area contributed by atoms with E-state index in [2.05, 4.69) is 25.9 Å². The minimum atomic E-state index is -0.308. The zero-order valence-electron chi connectivity index (χ0n) is 12.0. The van der Waals surface area contributed by atoms with E-state index in [9.17, 15) is 4.79 Å². The van der Waals surface area contributed by atoms with Gasteiger partial charge in [-0.1, -0.05) is 30.3 Å². The van der Waals surface area contributed by atoms with Crippen molar-refractivity contribution in [2.75, 3.05) is 6.54 Å². The molecule has 1 atom stereocenters. The first-order valence-electron chi connectivity index (χ1n) is 7.19. The van der Waals surface area contributed by atoms with Gasteiger partial charge in [0.1, 0.15) is 6.61 Å². The third-order valence-corrected chi connectivity index (χ3v) is 4.04. The molecule has 1 aliphatic rings. The number of ether oxygens (including phenoxy) is 1. The molecule has 1 aromatic heterocycles. The Labute approximate surface area is 137 Å². The Bertz CT molecular complexity index is 634. The van der Waals surface area contributed by atoms with Gasteiger partial charge < -0.3 is 4.74 Å². The molecule has 1 unspecified atom stereocenters. The van der Waals surface area contributed by atoms with E-state index in [0.717, 1.165) is 22.9 Å². The summed E-state index contributed by atoms with van der Waals surface area (Å²) in [6.07, 6.45) is 4.90. The molecule has 1 aliphatic heterocycles. The van der Waals surface area contributed by atoms with Crippen molar-refractivity contribution in [2.24, 2.45) is 0 Å². The Morgan fingerprint density at radius 2 is 2.00 bits per heavy atom. The largest absolute Gasteiger partial charge is 0.445 e. The molecule has 3 rings (SSSR count). The third-order valence-electron chi connectivity index (χ3n) is 3.63. The molecular weight excluding hydrogens is 346 g/mol. The number of hydrogen-bond acceptors (Lipinski definition) is 4. The molecule has 0 radical (unpaired) electrons. The fourth-order valence-electron chi connectivity index (χ4n) is 2.55. The summed E-state index contributed by atoms with van der Waals surface area (Å²) in [7, 11) is 0. The van der Waals surface area contributed by atoms with E-state index in [1.165, 1.54) is 0 Å². The zero-order valence-corrected chi connectivity index (χ0v) is 13.6.